The van der Waals surface area contributed by atoms with Gasteiger partial charge in [0.25, 0.3) is 10.0 Å². The fraction of sp³-hybridized carbons (Fsp3) is 0.176. The molecule has 0 unspecified atom stereocenters. The van der Waals surface area contributed by atoms with Crippen LogP contribution < -0.4 is 10.0 Å². The fourth-order valence-corrected chi connectivity index (χ4v) is 3.06. The van der Waals surface area contributed by atoms with Gasteiger partial charge in [-0.15, -0.1) is 0 Å². The maximum atomic E-state index is 12.3. The predicted octanol–water partition coefficient (Wildman–Crippen LogP) is 2.60. The molecule has 0 bridgehead atoms. The maximum absolute atomic E-state index is 12.3. The molecular weight excluding hydrogens is 344 g/mol. The molecule has 2 rings (SSSR count). The average Bonchev–Trinajstić information content (AvgIpc) is 2.55. The number of hydrogen-bond donors (Lipinski definition) is 3. The summed E-state index contributed by atoms with van der Waals surface area (Å²) in [6, 6.07) is 12.6. The number of benzene rings is 2. The molecule has 3 N–H and O–H groups in total. The van der Waals surface area contributed by atoms with Gasteiger partial charge in [0.2, 0.25) is 5.91 Å². The van der Waals surface area contributed by atoms with Gasteiger partial charge in [0, 0.05) is 17.8 Å². The highest BCUT2D eigenvalue weighted by atomic mass is 32.2. The highest BCUT2D eigenvalue weighted by Crippen LogP contribution is 2.19. The normalized spacial score (nSPS) is 10.9. The van der Waals surface area contributed by atoms with Crippen molar-refractivity contribution in [3.63, 3.8) is 0 Å². The lowest BCUT2D eigenvalue weighted by Crippen LogP contribution is -2.14. The van der Waals surface area contributed by atoms with Gasteiger partial charge in [-0.2, -0.15) is 0 Å². The van der Waals surface area contributed by atoms with Crippen LogP contribution in [0.1, 0.15) is 18.4 Å². The van der Waals surface area contributed by atoms with E-state index < -0.39 is 21.9 Å². The first-order valence-corrected chi connectivity index (χ1v) is 8.96. The summed E-state index contributed by atoms with van der Waals surface area (Å²) in [5.74, 6) is -1.47. The zero-order valence-corrected chi connectivity index (χ0v) is 14.3. The highest BCUT2D eigenvalue weighted by molar-refractivity contribution is 7.92. The molecule has 7 nitrogen and oxygen atoms in total. The monoisotopic (exact) mass is 362 g/mol. The van der Waals surface area contributed by atoms with Crippen molar-refractivity contribution in [3.05, 3.63) is 54.1 Å². The van der Waals surface area contributed by atoms with Crippen molar-refractivity contribution in [2.75, 3.05) is 10.0 Å². The molecule has 132 valence electrons. The third-order valence-corrected chi connectivity index (χ3v) is 4.72. The largest absolute Gasteiger partial charge is 0.481 e. The van der Waals surface area contributed by atoms with Crippen LogP contribution >= 0.6 is 0 Å². The Balaban J connectivity index is 2.01. The van der Waals surface area contributed by atoms with E-state index in [1.165, 1.54) is 36.4 Å². The van der Waals surface area contributed by atoms with E-state index in [0.29, 0.717) is 11.4 Å². The first kappa shape index (κ1) is 18.5. The molecule has 0 aliphatic rings. The first-order valence-electron chi connectivity index (χ1n) is 7.47. The predicted molar refractivity (Wildman–Crippen MR) is 93.9 cm³/mol. The third kappa shape index (κ3) is 5.61. The minimum atomic E-state index is -3.69. The molecular formula is C17H18N2O5S. The minimum absolute atomic E-state index is 0.128. The van der Waals surface area contributed by atoms with Gasteiger partial charge in [-0.25, -0.2) is 8.42 Å². The highest BCUT2D eigenvalue weighted by Gasteiger charge is 2.14. The van der Waals surface area contributed by atoms with Crippen molar-refractivity contribution < 1.29 is 23.1 Å². The molecule has 0 aliphatic heterocycles. The Hall–Kier alpha value is -2.87. The lowest BCUT2D eigenvalue weighted by Gasteiger charge is -2.10. The second-order valence-electron chi connectivity index (χ2n) is 5.44. The number of aryl methyl sites for hydroxylation is 1. The summed E-state index contributed by atoms with van der Waals surface area (Å²) in [7, 11) is -3.69. The van der Waals surface area contributed by atoms with Gasteiger partial charge in [-0.05, 0) is 43.3 Å². The number of aliphatic carboxylic acids is 1. The van der Waals surface area contributed by atoms with E-state index in [1.807, 2.05) is 6.92 Å². The van der Waals surface area contributed by atoms with Gasteiger partial charge in [-0.3, -0.25) is 14.3 Å². The third-order valence-electron chi connectivity index (χ3n) is 3.32. The van der Waals surface area contributed by atoms with Crippen molar-refractivity contribution in [2.24, 2.45) is 0 Å². The number of carboxylic acid groups (broad SMARTS) is 1. The van der Waals surface area contributed by atoms with Crippen molar-refractivity contribution in [1.29, 1.82) is 0 Å². The van der Waals surface area contributed by atoms with Crippen LogP contribution in [0.4, 0.5) is 11.4 Å². The number of carbonyl (C=O) groups is 2. The summed E-state index contributed by atoms with van der Waals surface area (Å²) < 4.78 is 27.0. The van der Waals surface area contributed by atoms with E-state index in [2.05, 4.69) is 10.0 Å². The zero-order valence-electron chi connectivity index (χ0n) is 13.5. The number of hydrogen-bond acceptors (Lipinski definition) is 4. The van der Waals surface area contributed by atoms with Crippen LogP contribution in [0.15, 0.2) is 53.4 Å². The maximum Gasteiger partial charge on any atom is 0.303 e. The molecule has 0 atom stereocenters. The zero-order chi connectivity index (χ0) is 18.4. The molecule has 2 aromatic rings. The quantitative estimate of drug-likeness (QED) is 0.701. The Morgan fingerprint density at radius 1 is 0.920 bits per heavy atom. The summed E-state index contributed by atoms with van der Waals surface area (Å²) in [6.07, 6.45) is -0.378. The van der Waals surface area contributed by atoms with Gasteiger partial charge < -0.3 is 10.4 Å². The molecule has 0 aliphatic carbocycles. The molecule has 0 fully saturated rings. The second-order valence-corrected chi connectivity index (χ2v) is 7.12. The summed E-state index contributed by atoms with van der Waals surface area (Å²) in [4.78, 5) is 22.1. The van der Waals surface area contributed by atoms with E-state index in [4.69, 9.17) is 5.11 Å². The van der Waals surface area contributed by atoms with Crippen molar-refractivity contribution in [2.45, 2.75) is 24.7 Å². The molecule has 0 saturated heterocycles. The van der Waals surface area contributed by atoms with Gasteiger partial charge in [0.05, 0.1) is 11.3 Å². The van der Waals surface area contributed by atoms with Gasteiger partial charge in [0.1, 0.15) is 0 Å². The fourth-order valence-electron chi connectivity index (χ4n) is 2.00. The van der Waals surface area contributed by atoms with E-state index in [1.54, 1.807) is 12.1 Å². The number of carbonyl (C=O) groups excluding carboxylic acids is 1. The Morgan fingerprint density at radius 3 is 2.04 bits per heavy atom. The lowest BCUT2D eigenvalue weighted by atomic mass is 10.2. The molecule has 0 aromatic heterocycles. The molecule has 25 heavy (non-hydrogen) atoms. The number of amides is 1. The average molecular weight is 362 g/mol. The van der Waals surface area contributed by atoms with Gasteiger partial charge >= 0.3 is 5.97 Å². The Morgan fingerprint density at radius 2 is 1.48 bits per heavy atom. The second kappa shape index (κ2) is 7.80. The lowest BCUT2D eigenvalue weighted by molar-refractivity contribution is -0.138. The Labute approximate surface area is 145 Å². The molecule has 0 heterocycles. The summed E-state index contributed by atoms with van der Waals surface area (Å²) in [5, 5.41) is 11.1. The SMILES string of the molecule is Cc1ccc(S(=O)(=O)Nc2ccc(NC(=O)CCC(=O)O)cc2)cc1. The van der Waals surface area contributed by atoms with Crippen LogP contribution in [0.3, 0.4) is 0 Å². The number of rotatable bonds is 7. The van der Waals surface area contributed by atoms with Crippen LogP contribution in [0.5, 0.6) is 0 Å². The van der Waals surface area contributed by atoms with Gasteiger partial charge in [-0.1, -0.05) is 17.7 Å². The molecule has 8 heteroatoms. The summed E-state index contributed by atoms with van der Waals surface area (Å²) in [6.45, 7) is 1.87. The number of carboxylic acids is 1. The standard InChI is InChI=1S/C17H18N2O5S/c1-12-2-8-15(9-3-12)25(23,24)19-14-6-4-13(5-7-14)18-16(20)10-11-17(21)22/h2-9,19H,10-11H2,1H3,(H,18,20)(H,21,22). The first-order chi connectivity index (χ1) is 11.8. The number of sulfonamides is 1. The van der Waals surface area contributed by atoms with E-state index in [-0.39, 0.29) is 17.7 Å². The van der Waals surface area contributed by atoms with E-state index >= 15 is 0 Å². The molecule has 0 spiro atoms. The van der Waals surface area contributed by atoms with Crippen LogP contribution in [0, 0.1) is 6.92 Å². The molecule has 0 radical (unpaired) electrons. The molecule has 2 aromatic carbocycles. The van der Waals surface area contributed by atoms with E-state index in [9.17, 15) is 18.0 Å². The number of nitrogens with one attached hydrogen (secondary N) is 2. The topological polar surface area (TPSA) is 113 Å². The summed E-state index contributed by atoms with van der Waals surface area (Å²) >= 11 is 0. The van der Waals surface area contributed by atoms with Crippen LogP contribution in [0.2, 0.25) is 0 Å². The van der Waals surface area contributed by atoms with E-state index in [0.717, 1.165) is 5.56 Å². The number of anilines is 2. The summed E-state index contributed by atoms with van der Waals surface area (Å²) in [5.41, 5.74) is 1.76. The van der Waals surface area contributed by atoms with Crippen molar-refractivity contribution in [1.82, 2.24) is 0 Å². The van der Waals surface area contributed by atoms with Crippen LogP contribution in [-0.4, -0.2) is 25.4 Å². The van der Waals surface area contributed by atoms with Crippen LogP contribution in [0.25, 0.3) is 0 Å². The van der Waals surface area contributed by atoms with Gasteiger partial charge in [0.15, 0.2) is 0 Å². The van der Waals surface area contributed by atoms with Crippen molar-refractivity contribution >= 4 is 33.3 Å². The minimum Gasteiger partial charge on any atom is -0.481 e. The Kier molecular flexibility index (Phi) is 5.76. The molecule has 0 saturated carbocycles. The molecule has 1 amide bonds. The smallest absolute Gasteiger partial charge is 0.303 e. The van der Waals surface area contributed by atoms with Crippen LogP contribution in [-0.2, 0) is 19.6 Å². The van der Waals surface area contributed by atoms with Crippen molar-refractivity contribution in [3.8, 4) is 0 Å². The Bertz CT molecular complexity index is 859.